The second-order valence-electron chi connectivity index (χ2n) is 7.22. The highest BCUT2D eigenvalue weighted by Crippen LogP contribution is 2.26. The van der Waals surface area contributed by atoms with Crippen LogP contribution < -0.4 is 14.8 Å². The van der Waals surface area contributed by atoms with E-state index in [1.807, 2.05) is 42.2 Å². The van der Waals surface area contributed by atoms with Crippen LogP contribution in [0.3, 0.4) is 0 Å². The van der Waals surface area contributed by atoms with E-state index in [0.29, 0.717) is 17.7 Å². The molecule has 0 aromatic heterocycles. The first-order chi connectivity index (χ1) is 14.0. The fourth-order valence-corrected chi connectivity index (χ4v) is 3.67. The highest BCUT2D eigenvalue weighted by Gasteiger charge is 2.24. The number of rotatable bonds is 7. The molecule has 0 radical (unpaired) electrons. The van der Waals surface area contributed by atoms with Crippen LogP contribution in [0.1, 0.15) is 40.7 Å². The average molecular weight is 396 g/mol. The number of amides is 2. The first-order valence-electron chi connectivity index (χ1n) is 9.93. The van der Waals surface area contributed by atoms with E-state index in [1.54, 1.807) is 20.3 Å². The van der Waals surface area contributed by atoms with Gasteiger partial charge >= 0.3 is 0 Å². The lowest BCUT2D eigenvalue weighted by atomic mass is 10.0. The van der Waals surface area contributed by atoms with E-state index in [0.717, 1.165) is 48.6 Å². The Hall–Kier alpha value is -3.02. The molecule has 0 aliphatic carbocycles. The number of carbonyl (C=O) groups is 2. The topological polar surface area (TPSA) is 67.9 Å². The number of hydrogen-bond acceptors (Lipinski definition) is 4. The Kier molecular flexibility index (Phi) is 6.75. The van der Waals surface area contributed by atoms with Gasteiger partial charge in [0.1, 0.15) is 11.5 Å². The molecule has 2 aromatic rings. The van der Waals surface area contributed by atoms with E-state index >= 15 is 0 Å². The first kappa shape index (κ1) is 20.7. The summed E-state index contributed by atoms with van der Waals surface area (Å²) in [5, 5.41) is 2.93. The van der Waals surface area contributed by atoms with Gasteiger partial charge in [-0.3, -0.25) is 9.59 Å². The van der Waals surface area contributed by atoms with Crippen molar-refractivity contribution < 1.29 is 19.1 Å². The molecule has 2 amide bonds. The van der Waals surface area contributed by atoms with Crippen molar-refractivity contribution in [1.29, 1.82) is 0 Å². The maximum Gasteiger partial charge on any atom is 0.256 e. The molecule has 0 saturated carbocycles. The van der Waals surface area contributed by atoms with Crippen molar-refractivity contribution in [2.75, 3.05) is 32.6 Å². The maximum absolute atomic E-state index is 12.9. The van der Waals surface area contributed by atoms with Gasteiger partial charge in [0, 0.05) is 19.5 Å². The van der Waals surface area contributed by atoms with Crippen molar-refractivity contribution in [3.8, 4) is 11.5 Å². The third-order valence-electron chi connectivity index (χ3n) is 5.26. The molecule has 1 aliphatic rings. The normalized spacial score (nSPS) is 13.3. The lowest BCUT2D eigenvalue weighted by molar-refractivity contribution is -0.116. The van der Waals surface area contributed by atoms with E-state index in [9.17, 15) is 9.59 Å². The number of aryl methyl sites for hydroxylation is 2. The number of anilines is 1. The second-order valence-corrected chi connectivity index (χ2v) is 7.22. The van der Waals surface area contributed by atoms with Gasteiger partial charge in [-0.25, -0.2) is 0 Å². The number of likely N-dealkylation sites (tertiary alicyclic amines) is 1. The van der Waals surface area contributed by atoms with E-state index in [2.05, 4.69) is 5.32 Å². The molecule has 1 saturated heterocycles. The summed E-state index contributed by atoms with van der Waals surface area (Å²) in [4.78, 5) is 27.4. The van der Waals surface area contributed by atoms with Gasteiger partial charge in [0.05, 0.1) is 25.5 Å². The van der Waals surface area contributed by atoms with E-state index in [4.69, 9.17) is 9.47 Å². The van der Waals surface area contributed by atoms with Gasteiger partial charge in [0.2, 0.25) is 5.91 Å². The van der Waals surface area contributed by atoms with Crippen LogP contribution in [-0.4, -0.2) is 44.0 Å². The van der Waals surface area contributed by atoms with Crippen molar-refractivity contribution >= 4 is 17.5 Å². The molecule has 1 aliphatic heterocycles. The standard InChI is InChI=1S/C23H28N2O4/c1-16-7-6-8-19(22(16)23(27)25-13-4-5-14-25)24-21(26)12-9-17-15-18(28-2)10-11-20(17)29-3/h6-8,10-11,15H,4-5,9,12-14H2,1-3H3,(H,24,26). The zero-order valence-corrected chi connectivity index (χ0v) is 17.3. The van der Waals surface area contributed by atoms with Crippen LogP contribution in [0.25, 0.3) is 0 Å². The largest absolute Gasteiger partial charge is 0.497 e. The summed E-state index contributed by atoms with van der Waals surface area (Å²) in [5.41, 5.74) is 2.93. The smallest absolute Gasteiger partial charge is 0.256 e. The SMILES string of the molecule is COc1ccc(OC)c(CCC(=O)Nc2cccc(C)c2C(=O)N2CCCC2)c1. The van der Waals surface area contributed by atoms with Gasteiger partial charge in [-0.05, 0) is 61.6 Å². The molecule has 3 rings (SSSR count). The van der Waals surface area contributed by atoms with Crippen LogP contribution in [0.5, 0.6) is 11.5 Å². The molecule has 29 heavy (non-hydrogen) atoms. The number of carbonyl (C=O) groups excluding carboxylic acids is 2. The van der Waals surface area contributed by atoms with Crippen LogP contribution in [0, 0.1) is 6.92 Å². The van der Waals surface area contributed by atoms with Crippen molar-refractivity contribution in [2.24, 2.45) is 0 Å². The fraction of sp³-hybridized carbons (Fsp3) is 0.391. The molecular formula is C23H28N2O4. The minimum atomic E-state index is -0.143. The number of hydrogen-bond donors (Lipinski definition) is 1. The van der Waals surface area contributed by atoms with Crippen LogP contribution in [-0.2, 0) is 11.2 Å². The Bertz CT molecular complexity index is 888. The highest BCUT2D eigenvalue weighted by molar-refractivity contribution is 6.05. The lowest BCUT2D eigenvalue weighted by Gasteiger charge is -2.19. The Labute approximate surface area is 171 Å². The van der Waals surface area contributed by atoms with Gasteiger partial charge < -0.3 is 19.7 Å². The average Bonchev–Trinajstić information content (AvgIpc) is 3.26. The molecule has 0 atom stereocenters. The van der Waals surface area contributed by atoms with Gasteiger partial charge in [-0.2, -0.15) is 0 Å². The number of nitrogens with one attached hydrogen (secondary N) is 1. The predicted octanol–water partition coefficient (Wildman–Crippen LogP) is 3.82. The Morgan fingerprint density at radius 1 is 1.07 bits per heavy atom. The van der Waals surface area contributed by atoms with Crippen LogP contribution in [0.15, 0.2) is 36.4 Å². The minimum Gasteiger partial charge on any atom is -0.497 e. The molecule has 6 heteroatoms. The van der Waals surface area contributed by atoms with Gasteiger partial charge in [-0.1, -0.05) is 12.1 Å². The number of benzene rings is 2. The van der Waals surface area contributed by atoms with Crippen molar-refractivity contribution in [1.82, 2.24) is 4.90 Å². The fourth-order valence-electron chi connectivity index (χ4n) is 3.67. The van der Waals surface area contributed by atoms with Gasteiger partial charge in [0.15, 0.2) is 0 Å². The molecule has 1 fully saturated rings. The highest BCUT2D eigenvalue weighted by atomic mass is 16.5. The third kappa shape index (κ3) is 4.88. The predicted molar refractivity (Wildman–Crippen MR) is 113 cm³/mol. The summed E-state index contributed by atoms with van der Waals surface area (Å²) < 4.78 is 10.6. The van der Waals surface area contributed by atoms with Gasteiger partial charge in [0.25, 0.3) is 5.91 Å². The zero-order valence-electron chi connectivity index (χ0n) is 17.3. The van der Waals surface area contributed by atoms with Crippen molar-refractivity contribution in [2.45, 2.75) is 32.6 Å². The van der Waals surface area contributed by atoms with E-state index < -0.39 is 0 Å². The molecule has 6 nitrogen and oxygen atoms in total. The summed E-state index contributed by atoms with van der Waals surface area (Å²) in [6, 6.07) is 11.1. The molecule has 154 valence electrons. The monoisotopic (exact) mass is 396 g/mol. The Morgan fingerprint density at radius 2 is 1.83 bits per heavy atom. The van der Waals surface area contributed by atoms with Crippen LogP contribution in [0.2, 0.25) is 0 Å². The maximum atomic E-state index is 12.9. The lowest BCUT2D eigenvalue weighted by Crippen LogP contribution is -2.29. The Balaban J connectivity index is 1.71. The van der Waals surface area contributed by atoms with Crippen molar-refractivity contribution in [3.63, 3.8) is 0 Å². The summed E-state index contributed by atoms with van der Waals surface area (Å²) in [6.07, 6.45) is 2.84. The van der Waals surface area contributed by atoms with Crippen molar-refractivity contribution in [3.05, 3.63) is 53.1 Å². The minimum absolute atomic E-state index is 0.00892. The van der Waals surface area contributed by atoms with E-state index in [1.165, 1.54) is 0 Å². The Morgan fingerprint density at radius 3 is 2.52 bits per heavy atom. The van der Waals surface area contributed by atoms with Crippen LogP contribution in [0.4, 0.5) is 5.69 Å². The molecule has 1 heterocycles. The summed E-state index contributed by atoms with van der Waals surface area (Å²) in [5.74, 6) is 1.29. The first-order valence-corrected chi connectivity index (χ1v) is 9.93. The summed E-state index contributed by atoms with van der Waals surface area (Å²) in [7, 11) is 3.21. The summed E-state index contributed by atoms with van der Waals surface area (Å²) >= 11 is 0. The number of methoxy groups -OCH3 is 2. The quantitative estimate of drug-likeness (QED) is 0.773. The molecular weight excluding hydrogens is 368 g/mol. The molecule has 1 N–H and O–H groups in total. The van der Waals surface area contributed by atoms with Gasteiger partial charge in [-0.15, -0.1) is 0 Å². The zero-order chi connectivity index (χ0) is 20.8. The second kappa shape index (κ2) is 9.45. The summed E-state index contributed by atoms with van der Waals surface area (Å²) in [6.45, 7) is 3.45. The molecule has 0 unspecified atom stereocenters. The molecule has 2 aromatic carbocycles. The van der Waals surface area contributed by atoms with E-state index in [-0.39, 0.29) is 18.2 Å². The number of ether oxygens (including phenoxy) is 2. The number of nitrogens with zero attached hydrogens (tertiary/aromatic N) is 1. The third-order valence-corrected chi connectivity index (χ3v) is 5.26. The molecule has 0 bridgehead atoms. The molecule has 0 spiro atoms. The van der Waals surface area contributed by atoms with Crippen LogP contribution >= 0.6 is 0 Å².